The lowest BCUT2D eigenvalue weighted by Crippen LogP contribution is -2.23. The van der Waals surface area contributed by atoms with Crippen LogP contribution in [-0.4, -0.2) is 30.1 Å². The van der Waals surface area contributed by atoms with Crippen molar-refractivity contribution < 1.29 is 28.6 Å². The van der Waals surface area contributed by atoms with Crippen molar-refractivity contribution in [3.05, 3.63) is 71.5 Å². The summed E-state index contributed by atoms with van der Waals surface area (Å²) in [6.07, 6.45) is 1.11. The SMILES string of the molecule is Cc1cc(F)ccc1OCCOc1c(C(=O)CCCC(C)(C)C(=O)O)ccc2ccccc12. The average Bonchev–Trinajstić information content (AvgIpc) is 2.77. The minimum atomic E-state index is -0.876. The van der Waals surface area contributed by atoms with E-state index in [-0.39, 0.29) is 31.2 Å². The molecule has 0 unspecified atom stereocenters. The maximum absolute atomic E-state index is 13.3. The van der Waals surface area contributed by atoms with Gasteiger partial charge in [0.2, 0.25) is 0 Å². The number of ether oxygens (including phenoxy) is 2. The summed E-state index contributed by atoms with van der Waals surface area (Å²) >= 11 is 0. The number of ketones is 1. The Labute approximate surface area is 193 Å². The van der Waals surface area contributed by atoms with Crippen molar-refractivity contribution in [3.63, 3.8) is 0 Å². The van der Waals surface area contributed by atoms with Crippen molar-refractivity contribution in [3.8, 4) is 11.5 Å². The third-order valence-corrected chi connectivity index (χ3v) is 5.69. The number of halogens is 1. The van der Waals surface area contributed by atoms with E-state index in [9.17, 15) is 19.1 Å². The monoisotopic (exact) mass is 452 g/mol. The fourth-order valence-electron chi connectivity index (χ4n) is 3.62. The molecule has 0 bridgehead atoms. The fourth-order valence-corrected chi connectivity index (χ4v) is 3.62. The number of benzene rings is 3. The normalized spacial score (nSPS) is 11.4. The molecule has 0 heterocycles. The molecule has 0 aliphatic rings. The smallest absolute Gasteiger partial charge is 0.309 e. The van der Waals surface area contributed by atoms with Crippen LogP contribution in [0.1, 0.15) is 49.0 Å². The number of carboxylic acids is 1. The van der Waals surface area contributed by atoms with Crippen LogP contribution in [0.15, 0.2) is 54.6 Å². The van der Waals surface area contributed by atoms with E-state index in [1.807, 2.05) is 30.3 Å². The van der Waals surface area contributed by atoms with Crippen molar-refractivity contribution in [2.24, 2.45) is 5.41 Å². The molecule has 0 saturated heterocycles. The van der Waals surface area contributed by atoms with Crippen molar-refractivity contribution in [2.45, 2.75) is 40.0 Å². The van der Waals surface area contributed by atoms with Crippen molar-refractivity contribution in [1.29, 1.82) is 0 Å². The van der Waals surface area contributed by atoms with E-state index in [0.29, 0.717) is 35.5 Å². The topological polar surface area (TPSA) is 72.8 Å². The molecular formula is C27H29FO5. The van der Waals surface area contributed by atoms with E-state index >= 15 is 0 Å². The number of carbonyl (C=O) groups is 2. The summed E-state index contributed by atoms with van der Waals surface area (Å²) in [5, 5.41) is 11.1. The molecule has 0 fully saturated rings. The Bertz CT molecular complexity index is 1150. The lowest BCUT2D eigenvalue weighted by Gasteiger charge is -2.19. The molecule has 0 spiro atoms. The Hall–Kier alpha value is -3.41. The predicted molar refractivity (Wildman–Crippen MR) is 126 cm³/mol. The third kappa shape index (κ3) is 6.09. The van der Waals surface area contributed by atoms with Crippen LogP contribution >= 0.6 is 0 Å². The van der Waals surface area contributed by atoms with Gasteiger partial charge in [0.15, 0.2) is 5.78 Å². The van der Waals surface area contributed by atoms with Gasteiger partial charge >= 0.3 is 5.97 Å². The van der Waals surface area contributed by atoms with Gasteiger partial charge in [0.25, 0.3) is 0 Å². The van der Waals surface area contributed by atoms with E-state index in [4.69, 9.17) is 9.47 Å². The zero-order valence-corrected chi connectivity index (χ0v) is 19.2. The zero-order chi connectivity index (χ0) is 24.0. The number of rotatable bonds is 11. The highest BCUT2D eigenvalue weighted by Crippen LogP contribution is 2.32. The number of Topliss-reactive ketones (excluding diaryl/α,β-unsaturated/α-hetero) is 1. The van der Waals surface area contributed by atoms with Gasteiger partial charge in [-0.25, -0.2) is 4.39 Å². The quantitative estimate of drug-likeness (QED) is 0.277. The molecule has 6 heteroatoms. The highest BCUT2D eigenvalue weighted by atomic mass is 19.1. The lowest BCUT2D eigenvalue weighted by molar-refractivity contribution is -0.147. The Balaban J connectivity index is 1.71. The molecule has 0 aliphatic heterocycles. The second kappa shape index (κ2) is 10.5. The summed E-state index contributed by atoms with van der Waals surface area (Å²) in [6, 6.07) is 15.6. The molecule has 3 rings (SSSR count). The number of hydrogen-bond acceptors (Lipinski definition) is 4. The number of carboxylic acid groups (broad SMARTS) is 1. The van der Waals surface area contributed by atoms with Crippen LogP contribution in [0, 0.1) is 18.2 Å². The van der Waals surface area contributed by atoms with Crippen LogP contribution in [0.4, 0.5) is 4.39 Å². The molecule has 0 radical (unpaired) electrons. The standard InChI is InChI=1S/C27H29FO5/c1-18-17-20(28)11-13-24(18)32-15-16-33-25-21-8-5-4-7-19(21)10-12-22(25)23(29)9-6-14-27(2,3)26(30)31/h4-5,7-8,10-13,17H,6,9,14-16H2,1-3H3,(H,30,31). The van der Waals surface area contributed by atoms with Gasteiger partial charge in [0.05, 0.1) is 11.0 Å². The fraction of sp³-hybridized carbons (Fsp3) is 0.333. The van der Waals surface area contributed by atoms with Crippen LogP contribution in [0.25, 0.3) is 10.8 Å². The van der Waals surface area contributed by atoms with Crippen LogP contribution in [0.3, 0.4) is 0 Å². The molecule has 0 saturated carbocycles. The minimum absolute atomic E-state index is 0.0905. The maximum Gasteiger partial charge on any atom is 0.309 e. The molecule has 0 amide bonds. The number of aryl methyl sites for hydroxylation is 1. The van der Waals surface area contributed by atoms with Crippen LogP contribution in [0.5, 0.6) is 11.5 Å². The molecule has 3 aromatic rings. The van der Waals surface area contributed by atoms with Gasteiger partial charge in [-0.3, -0.25) is 9.59 Å². The summed E-state index contributed by atoms with van der Waals surface area (Å²) in [5.41, 5.74) is 0.291. The van der Waals surface area contributed by atoms with E-state index in [1.54, 1.807) is 32.9 Å². The van der Waals surface area contributed by atoms with Crippen molar-refractivity contribution in [2.75, 3.05) is 13.2 Å². The van der Waals surface area contributed by atoms with Gasteiger partial charge in [-0.05, 0) is 68.8 Å². The van der Waals surface area contributed by atoms with Gasteiger partial charge in [-0.15, -0.1) is 0 Å². The van der Waals surface area contributed by atoms with Gasteiger partial charge < -0.3 is 14.6 Å². The number of fused-ring (bicyclic) bond motifs is 1. The largest absolute Gasteiger partial charge is 0.490 e. The molecule has 5 nitrogen and oxygen atoms in total. The van der Waals surface area contributed by atoms with Crippen LogP contribution in [-0.2, 0) is 4.79 Å². The first-order valence-electron chi connectivity index (χ1n) is 11.0. The molecule has 0 aliphatic carbocycles. The summed E-state index contributed by atoms with van der Waals surface area (Å²) < 4.78 is 25.0. The van der Waals surface area contributed by atoms with Gasteiger partial charge in [-0.2, -0.15) is 0 Å². The van der Waals surface area contributed by atoms with E-state index < -0.39 is 11.4 Å². The third-order valence-electron chi connectivity index (χ3n) is 5.69. The molecule has 0 atom stereocenters. The maximum atomic E-state index is 13.3. The van der Waals surface area contributed by atoms with Crippen molar-refractivity contribution >= 4 is 22.5 Å². The van der Waals surface area contributed by atoms with Gasteiger partial charge in [0, 0.05) is 11.8 Å². The van der Waals surface area contributed by atoms with Crippen LogP contribution in [0.2, 0.25) is 0 Å². The molecule has 0 aromatic heterocycles. The van der Waals surface area contributed by atoms with Gasteiger partial charge in [0.1, 0.15) is 30.5 Å². The summed E-state index contributed by atoms with van der Waals surface area (Å²) in [5.74, 6) is -0.208. The molecule has 174 valence electrons. The first kappa shape index (κ1) is 24.2. The van der Waals surface area contributed by atoms with Crippen molar-refractivity contribution in [1.82, 2.24) is 0 Å². The summed E-state index contributed by atoms with van der Waals surface area (Å²) in [6.45, 7) is 5.53. The van der Waals surface area contributed by atoms with E-state index in [2.05, 4.69) is 0 Å². The highest BCUT2D eigenvalue weighted by molar-refractivity contribution is 6.04. The highest BCUT2D eigenvalue weighted by Gasteiger charge is 2.27. The first-order chi connectivity index (χ1) is 15.7. The van der Waals surface area contributed by atoms with Crippen LogP contribution < -0.4 is 9.47 Å². The average molecular weight is 453 g/mol. The van der Waals surface area contributed by atoms with E-state index in [0.717, 1.165) is 10.8 Å². The minimum Gasteiger partial charge on any atom is -0.490 e. The molecular weight excluding hydrogens is 423 g/mol. The summed E-state index contributed by atoms with van der Waals surface area (Å²) in [7, 11) is 0. The first-order valence-corrected chi connectivity index (χ1v) is 11.0. The molecule has 1 N–H and O–H groups in total. The molecule has 33 heavy (non-hydrogen) atoms. The second-order valence-corrected chi connectivity index (χ2v) is 8.74. The zero-order valence-electron chi connectivity index (χ0n) is 19.2. The predicted octanol–water partition coefficient (Wildman–Crippen LogP) is 6.21. The summed E-state index contributed by atoms with van der Waals surface area (Å²) in [4.78, 5) is 24.3. The Morgan fingerprint density at radius 3 is 2.45 bits per heavy atom. The Morgan fingerprint density at radius 2 is 1.73 bits per heavy atom. The number of aliphatic carboxylic acids is 1. The Kier molecular flexibility index (Phi) is 7.69. The lowest BCUT2D eigenvalue weighted by atomic mass is 9.86. The number of hydrogen-bond donors (Lipinski definition) is 1. The van der Waals surface area contributed by atoms with Gasteiger partial charge in [-0.1, -0.05) is 30.3 Å². The molecule has 3 aromatic carbocycles. The van der Waals surface area contributed by atoms with E-state index in [1.165, 1.54) is 12.1 Å². The number of carbonyl (C=O) groups excluding carboxylic acids is 1. The Morgan fingerprint density at radius 1 is 1.00 bits per heavy atom. The second-order valence-electron chi connectivity index (χ2n) is 8.74.